The maximum absolute atomic E-state index is 13.6. The summed E-state index contributed by atoms with van der Waals surface area (Å²) < 4.78 is 13.0. The zero-order valence-corrected chi connectivity index (χ0v) is 29.7. The third kappa shape index (κ3) is 8.22. The third-order valence-corrected chi connectivity index (χ3v) is 9.33. The lowest BCUT2D eigenvalue weighted by Gasteiger charge is -2.17. The molecular formula is C40H34N6O6S. The molecule has 0 saturated heterocycles. The molecule has 7 rings (SSSR count). The summed E-state index contributed by atoms with van der Waals surface area (Å²) >= 11 is 1.38. The van der Waals surface area contributed by atoms with E-state index in [1.165, 1.54) is 35.1 Å². The van der Waals surface area contributed by atoms with Gasteiger partial charge in [0.15, 0.2) is 11.2 Å². The van der Waals surface area contributed by atoms with Crippen molar-refractivity contribution in [2.45, 2.75) is 19.6 Å². The van der Waals surface area contributed by atoms with Crippen molar-refractivity contribution in [3.63, 3.8) is 0 Å². The van der Waals surface area contributed by atoms with Gasteiger partial charge < -0.3 is 24.7 Å². The number of fused-ring (bicyclic) bond motifs is 2. The molecule has 7 aromatic rings. The van der Waals surface area contributed by atoms with E-state index in [-0.39, 0.29) is 34.8 Å². The number of anilines is 2. The average molecular weight is 727 g/mol. The standard InChI is InChI=1S/C40H34N6O6S/c1-45(21-26-9-14-34-28(17-26)20-42-46(34)2)16-15-25-7-11-29(12-8-25)43-38(48)31-13-10-27(40(50)51-22-30-23-53-24-41-30)18-33(31)44-39(49)37-19-35(47)32-5-3-4-6-36(32)52-37/h3-14,17-20,23-24H,15-16,21-22H2,1-2H3,(H,43,48)(H,44,49). The minimum atomic E-state index is -0.776. The van der Waals surface area contributed by atoms with Gasteiger partial charge in [0.05, 0.1) is 45.1 Å². The van der Waals surface area contributed by atoms with Crippen LogP contribution in [0.5, 0.6) is 0 Å². The zero-order chi connectivity index (χ0) is 36.9. The number of benzene rings is 4. The molecule has 12 nitrogen and oxygen atoms in total. The van der Waals surface area contributed by atoms with Gasteiger partial charge in [-0.1, -0.05) is 30.3 Å². The Balaban J connectivity index is 1.04. The van der Waals surface area contributed by atoms with E-state index in [9.17, 15) is 19.2 Å². The maximum Gasteiger partial charge on any atom is 0.338 e. The largest absolute Gasteiger partial charge is 0.456 e. The summed E-state index contributed by atoms with van der Waals surface area (Å²) in [5.41, 5.74) is 6.21. The summed E-state index contributed by atoms with van der Waals surface area (Å²) in [5, 5.41) is 13.1. The molecule has 266 valence electrons. The summed E-state index contributed by atoms with van der Waals surface area (Å²) in [4.78, 5) is 59.0. The molecule has 0 aliphatic carbocycles. The first-order chi connectivity index (χ1) is 25.7. The number of aryl methyl sites for hydroxylation is 1. The van der Waals surface area contributed by atoms with Crippen LogP contribution >= 0.6 is 11.3 Å². The van der Waals surface area contributed by atoms with Crippen molar-refractivity contribution < 1.29 is 23.5 Å². The number of hydrogen-bond donors (Lipinski definition) is 2. The first-order valence-electron chi connectivity index (χ1n) is 16.7. The first-order valence-corrected chi connectivity index (χ1v) is 17.7. The number of esters is 1. The van der Waals surface area contributed by atoms with Crippen molar-refractivity contribution in [2.75, 3.05) is 24.2 Å². The van der Waals surface area contributed by atoms with Gasteiger partial charge in [0.25, 0.3) is 11.8 Å². The minimum Gasteiger partial charge on any atom is -0.456 e. The number of carbonyl (C=O) groups is 3. The number of ether oxygens (including phenoxy) is 1. The smallest absolute Gasteiger partial charge is 0.338 e. The molecule has 0 aliphatic rings. The first kappa shape index (κ1) is 35.0. The monoisotopic (exact) mass is 726 g/mol. The molecule has 2 N–H and O–H groups in total. The Kier molecular flexibility index (Phi) is 10.2. The van der Waals surface area contributed by atoms with Crippen LogP contribution in [-0.2, 0) is 31.4 Å². The summed E-state index contributed by atoms with van der Waals surface area (Å²) in [6, 6.07) is 25.8. The average Bonchev–Trinajstić information content (AvgIpc) is 3.83. The van der Waals surface area contributed by atoms with E-state index in [1.54, 1.807) is 35.2 Å². The van der Waals surface area contributed by atoms with Crippen molar-refractivity contribution >= 4 is 62.4 Å². The van der Waals surface area contributed by atoms with Gasteiger partial charge >= 0.3 is 5.97 Å². The molecule has 53 heavy (non-hydrogen) atoms. The number of rotatable bonds is 12. The highest BCUT2D eigenvalue weighted by Crippen LogP contribution is 2.23. The zero-order valence-electron chi connectivity index (χ0n) is 28.9. The van der Waals surface area contributed by atoms with Crippen LogP contribution < -0.4 is 16.1 Å². The Bertz CT molecular complexity index is 2510. The van der Waals surface area contributed by atoms with E-state index in [1.807, 2.05) is 42.2 Å². The third-order valence-electron chi connectivity index (χ3n) is 8.70. The molecule has 3 heterocycles. The van der Waals surface area contributed by atoms with Gasteiger partial charge in [-0.25, -0.2) is 9.78 Å². The molecule has 3 aromatic heterocycles. The highest BCUT2D eigenvalue weighted by molar-refractivity contribution is 7.07. The molecule has 0 atom stereocenters. The van der Waals surface area contributed by atoms with Gasteiger partial charge in [0.1, 0.15) is 12.2 Å². The van der Waals surface area contributed by atoms with Crippen molar-refractivity contribution in [3.8, 4) is 0 Å². The fourth-order valence-electron chi connectivity index (χ4n) is 5.88. The van der Waals surface area contributed by atoms with E-state index >= 15 is 0 Å². The van der Waals surface area contributed by atoms with Crippen LogP contribution in [0, 0.1) is 0 Å². The second-order valence-corrected chi connectivity index (χ2v) is 13.3. The topological polar surface area (TPSA) is 149 Å². The number of thiazole rings is 1. The number of carbonyl (C=O) groups excluding carboxylic acids is 3. The van der Waals surface area contributed by atoms with Crippen LogP contribution in [0.2, 0.25) is 0 Å². The Morgan fingerprint density at radius 1 is 0.925 bits per heavy atom. The Morgan fingerprint density at radius 2 is 1.74 bits per heavy atom. The van der Waals surface area contributed by atoms with Gasteiger partial charge in [-0.3, -0.25) is 19.1 Å². The second kappa shape index (κ2) is 15.4. The van der Waals surface area contributed by atoms with Crippen molar-refractivity contribution in [1.29, 1.82) is 0 Å². The lowest BCUT2D eigenvalue weighted by molar-refractivity contribution is 0.0468. The predicted octanol–water partition coefficient (Wildman–Crippen LogP) is 6.67. The van der Waals surface area contributed by atoms with E-state index < -0.39 is 23.2 Å². The van der Waals surface area contributed by atoms with Crippen molar-refractivity contribution in [3.05, 3.63) is 152 Å². The summed E-state index contributed by atoms with van der Waals surface area (Å²) in [6.45, 7) is 1.59. The van der Waals surface area contributed by atoms with Gasteiger partial charge in [-0.15, -0.1) is 11.3 Å². The fourth-order valence-corrected chi connectivity index (χ4v) is 6.42. The fraction of sp³-hybridized carbons (Fsp3) is 0.150. The van der Waals surface area contributed by atoms with Gasteiger partial charge in [-0.05, 0) is 79.2 Å². The lowest BCUT2D eigenvalue weighted by Crippen LogP contribution is -2.21. The molecule has 0 spiro atoms. The van der Waals surface area contributed by atoms with E-state index in [4.69, 9.17) is 9.15 Å². The molecule has 0 bridgehead atoms. The summed E-state index contributed by atoms with van der Waals surface area (Å²) in [6.07, 6.45) is 2.68. The summed E-state index contributed by atoms with van der Waals surface area (Å²) in [5.74, 6) is -2.23. The quantitative estimate of drug-likeness (QED) is 0.132. The Labute approximate surface area is 307 Å². The molecule has 0 saturated carbocycles. The van der Waals surface area contributed by atoms with Gasteiger partial charge in [0.2, 0.25) is 0 Å². The lowest BCUT2D eigenvalue weighted by atomic mass is 10.1. The number of para-hydroxylation sites is 1. The number of hydrogen-bond acceptors (Lipinski definition) is 10. The van der Waals surface area contributed by atoms with Crippen LogP contribution in [0.3, 0.4) is 0 Å². The van der Waals surface area contributed by atoms with Crippen molar-refractivity contribution in [2.24, 2.45) is 7.05 Å². The van der Waals surface area contributed by atoms with Crippen LogP contribution in [0.1, 0.15) is 48.1 Å². The number of nitrogens with one attached hydrogen (secondary N) is 2. The molecule has 0 fully saturated rings. The van der Waals surface area contributed by atoms with Gasteiger partial charge in [0, 0.05) is 42.7 Å². The van der Waals surface area contributed by atoms with Crippen LogP contribution in [-0.4, -0.2) is 51.0 Å². The maximum atomic E-state index is 13.6. The molecule has 0 unspecified atom stereocenters. The van der Waals surface area contributed by atoms with Crippen molar-refractivity contribution in [1.82, 2.24) is 19.7 Å². The van der Waals surface area contributed by atoms with E-state index in [0.717, 1.165) is 42.0 Å². The van der Waals surface area contributed by atoms with Crippen LogP contribution in [0.4, 0.5) is 11.4 Å². The number of amides is 2. The molecule has 2 amide bonds. The highest BCUT2D eigenvalue weighted by Gasteiger charge is 2.20. The Morgan fingerprint density at radius 3 is 2.55 bits per heavy atom. The normalized spacial score (nSPS) is 11.2. The molecule has 0 aliphatic heterocycles. The van der Waals surface area contributed by atoms with Crippen LogP contribution in [0.25, 0.3) is 21.9 Å². The number of nitrogens with zero attached hydrogens (tertiary/aromatic N) is 4. The molecule has 4 aromatic carbocycles. The van der Waals surface area contributed by atoms with E-state index in [0.29, 0.717) is 16.8 Å². The van der Waals surface area contributed by atoms with E-state index in [2.05, 4.69) is 50.9 Å². The number of aromatic nitrogens is 3. The SMILES string of the molecule is CN(CCc1ccc(NC(=O)c2ccc(C(=O)OCc3cscn3)cc2NC(=O)c2cc(=O)c3ccccc3o2)cc1)Cc1ccc2c(cnn2C)c1. The van der Waals surface area contributed by atoms with Crippen LogP contribution in [0.15, 0.2) is 117 Å². The number of likely N-dealkylation sites (N-methyl/N-ethyl adjacent to an activating group) is 1. The molecular weight excluding hydrogens is 693 g/mol. The molecule has 0 radical (unpaired) electrons. The Hall–Kier alpha value is -6.44. The highest BCUT2D eigenvalue weighted by atomic mass is 32.1. The summed E-state index contributed by atoms with van der Waals surface area (Å²) in [7, 11) is 4.01. The van der Waals surface area contributed by atoms with Gasteiger partial charge in [-0.2, -0.15) is 5.10 Å². The molecule has 13 heteroatoms. The second-order valence-electron chi connectivity index (χ2n) is 12.5. The predicted molar refractivity (Wildman–Crippen MR) is 203 cm³/mol. The minimum absolute atomic E-state index is 0.0220.